The number of aliphatic carboxylic acids is 1. The molecule has 1 aliphatic rings. The molecule has 0 radical (unpaired) electrons. The van der Waals surface area contributed by atoms with E-state index >= 15 is 0 Å². The standard InChI is InChI=1S/C15H15ClN4O4S/c16-10-3-1-9(2-4-10)8-18-20-15-19-14(24)11(25-15)7-12(21)17-6-5-13(22)23/h1-4,8,11H,5-7H2,(H,17,21)(H,22,23)(H,19,20,24)/b18-8+. The maximum Gasteiger partial charge on any atom is 0.305 e. The topological polar surface area (TPSA) is 120 Å². The highest BCUT2D eigenvalue weighted by Gasteiger charge is 2.32. The average molecular weight is 383 g/mol. The zero-order valence-electron chi connectivity index (χ0n) is 12.9. The molecule has 8 nitrogen and oxygen atoms in total. The molecule has 1 fully saturated rings. The van der Waals surface area contributed by atoms with Crippen LogP contribution in [-0.4, -0.2) is 46.1 Å². The van der Waals surface area contributed by atoms with Crippen LogP contribution in [-0.2, 0) is 14.4 Å². The highest BCUT2D eigenvalue weighted by molar-refractivity contribution is 8.15. The third-order valence-corrected chi connectivity index (χ3v) is 4.36. The molecule has 0 spiro atoms. The van der Waals surface area contributed by atoms with Gasteiger partial charge in [-0.3, -0.25) is 14.4 Å². The van der Waals surface area contributed by atoms with Crippen LogP contribution in [0.2, 0.25) is 5.02 Å². The molecule has 1 saturated heterocycles. The number of carboxylic acid groups (broad SMARTS) is 1. The van der Waals surface area contributed by atoms with Crippen LogP contribution >= 0.6 is 23.4 Å². The van der Waals surface area contributed by atoms with Gasteiger partial charge in [-0.15, -0.1) is 5.10 Å². The number of hydrogen-bond acceptors (Lipinski definition) is 6. The van der Waals surface area contributed by atoms with E-state index < -0.39 is 11.2 Å². The third kappa shape index (κ3) is 6.55. The van der Waals surface area contributed by atoms with Gasteiger partial charge < -0.3 is 15.7 Å². The number of nitrogens with zero attached hydrogens (tertiary/aromatic N) is 2. The molecule has 1 aromatic carbocycles. The Morgan fingerprint density at radius 1 is 1.36 bits per heavy atom. The number of benzene rings is 1. The van der Waals surface area contributed by atoms with Crippen LogP contribution in [0.15, 0.2) is 34.5 Å². The van der Waals surface area contributed by atoms with Crippen molar-refractivity contribution in [2.24, 2.45) is 10.2 Å². The number of carbonyl (C=O) groups is 3. The lowest BCUT2D eigenvalue weighted by Gasteiger charge is -2.05. The average Bonchev–Trinajstić information content (AvgIpc) is 2.88. The number of carbonyl (C=O) groups excluding carboxylic acids is 2. The lowest BCUT2D eigenvalue weighted by molar-refractivity contribution is -0.137. The Morgan fingerprint density at radius 2 is 2.08 bits per heavy atom. The highest BCUT2D eigenvalue weighted by Crippen LogP contribution is 2.22. The number of thioether (sulfide) groups is 1. The summed E-state index contributed by atoms with van der Waals surface area (Å²) in [5, 5.41) is 21.6. The van der Waals surface area contributed by atoms with Crippen LogP contribution < -0.4 is 10.6 Å². The summed E-state index contributed by atoms with van der Waals surface area (Å²) in [4.78, 5) is 33.9. The quantitative estimate of drug-likeness (QED) is 0.484. The molecular weight excluding hydrogens is 368 g/mol. The summed E-state index contributed by atoms with van der Waals surface area (Å²) in [6.45, 7) is 0.0273. The molecule has 1 unspecified atom stereocenters. The Labute approximate surface area is 152 Å². The van der Waals surface area contributed by atoms with E-state index in [4.69, 9.17) is 16.7 Å². The molecular formula is C15H15ClN4O4S. The summed E-state index contributed by atoms with van der Waals surface area (Å²) < 4.78 is 0. The summed E-state index contributed by atoms with van der Waals surface area (Å²) in [6.07, 6.45) is 1.29. The summed E-state index contributed by atoms with van der Waals surface area (Å²) in [7, 11) is 0. The second-order valence-electron chi connectivity index (χ2n) is 4.99. The maximum absolute atomic E-state index is 11.8. The molecule has 132 valence electrons. The highest BCUT2D eigenvalue weighted by atomic mass is 35.5. The Kier molecular flexibility index (Phi) is 6.96. The lowest BCUT2D eigenvalue weighted by atomic mass is 10.2. The number of nitrogens with one attached hydrogen (secondary N) is 2. The van der Waals surface area contributed by atoms with Crippen molar-refractivity contribution in [3.05, 3.63) is 34.9 Å². The normalized spacial score (nSPS) is 18.5. The van der Waals surface area contributed by atoms with E-state index in [0.29, 0.717) is 10.2 Å². The monoisotopic (exact) mass is 382 g/mol. The van der Waals surface area contributed by atoms with Gasteiger partial charge in [0.05, 0.1) is 12.6 Å². The molecule has 1 heterocycles. The zero-order valence-corrected chi connectivity index (χ0v) is 14.5. The number of amides is 2. The molecule has 1 aliphatic heterocycles. The Hall–Kier alpha value is -2.39. The first-order chi connectivity index (χ1) is 11.9. The van der Waals surface area contributed by atoms with Crippen molar-refractivity contribution in [1.82, 2.24) is 10.6 Å². The summed E-state index contributed by atoms with van der Waals surface area (Å²) >= 11 is 6.89. The van der Waals surface area contributed by atoms with E-state index in [1.807, 2.05) is 0 Å². The van der Waals surface area contributed by atoms with Gasteiger partial charge in [-0.25, -0.2) is 0 Å². The van der Waals surface area contributed by atoms with Gasteiger partial charge in [-0.2, -0.15) is 5.10 Å². The summed E-state index contributed by atoms with van der Waals surface area (Å²) in [6, 6.07) is 7.00. The maximum atomic E-state index is 11.8. The van der Waals surface area contributed by atoms with Gasteiger partial charge in [-0.05, 0) is 17.7 Å². The molecule has 0 aromatic heterocycles. The third-order valence-electron chi connectivity index (χ3n) is 3.03. The largest absolute Gasteiger partial charge is 0.481 e. The molecule has 0 aliphatic carbocycles. The molecule has 0 bridgehead atoms. The SMILES string of the molecule is O=C(O)CCNC(=O)CC1S/C(=N/N=C/c2ccc(Cl)cc2)NC1=O. The Morgan fingerprint density at radius 3 is 2.76 bits per heavy atom. The second kappa shape index (κ2) is 9.19. The first-order valence-electron chi connectivity index (χ1n) is 7.26. The molecule has 1 atom stereocenters. The van der Waals surface area contributed by atoms with E-state index in [2.05, 4.69) is 20.8 Å². The van der Waals surface area contributed by atoms with Crippen molar-refractivity contribution in [2.45, 2.75) is 18.1 Å². The van der Waals surface area contributed by atoms with E-state index in [0.717, 1.165) is 17.3 Å². The minimum atomic E-state index is -0.999. The fourth-order valence-electron chi connectivity index (χ4n) is 1.83. The van der Waals surface area contributed by atoms with Crippen molar-refractivity contribution in [3.63, 3.8) is 0 Å². The van der Waals surface area contributed by atoms with Crippen molar-refractivity contribution < 1.29 is 19.5 Å². The molecule has 10 heteroatoms. The summed E-state index contributed by atoms with van der Waals surface area (Å²) in [5.41, 5.74) is 0.803. The molecule has 3 N–H and O–H groups in total. The van der Waals surface area contributed by atoms with Crippen molar-refractivity contribution in [3.8, 4) is 0 Å². The van der Waals surface area contributed by atoms with E-state index in [-0.39, 0.29) is 31.2 Å². The van der Waals surface area contributed by atoms with Gasteiger partial charge in [0.25, 0.3) is 0 Å². The molecule has 2 rings (SSSR count). The van der Waals surface area contributed by atoms with E-state index in [1.165, 1.54) is 6.21 Å². The lowest BCUT2D eigenvalue weighted by Crippen LogP contribution is -2.32. The van der Waals surface area contributed by atoms with Gasteiger partial charge in [0.1, 0.15) is 5.25 Å². The zero-order chi connectivity index (χ0) is 18.2. The predicted octanol–water partition coefficient (Wildman–Crippen LogP) is 1.24. The minimum Gasteiger partial charge on any atom is -0.481 e. The fourth-order valence-corrected chi connectivity index (χ4v) is 2.88. The van der Waals surface area contributed by atoms with Crippen LogP contribution in [0.4, 0.5) is 0 Å². The van der Waals surface area contributed by atoms with Gasteiger partial charge in [0.15, 0.2) is 5.17 Å². The molecule has 25 heavy (non-hydrogen) atoms. The van der Waals surface area contributed by atoms with Gasteiger partial charge >= 0.3 is 5.97 Å². The van der Waals surface area contributed by atoms with Gasteiger partial charge in [0, 0.05) is 18.0 Å². The number of carboxylic acids is 1. The van der Waals surface area contributed by atoms with Crippen LogP contribution in [0.25, 0.3) is 0 Å². The van der Waals surface area contributed by atoms with Crippen molar-refractivity contribution in [2.75, 3.05) is 6.54 Å². The molecule has 0 saturated carbocycles. The fraction of sp³-hybridized carbons (Fsp3) is 0.267. The van der Waals surface area contributed by atoms with Gasteiger partial charge in [0.2, 0.25) is 11.8 Å². The van der Waals surface area contributed by atoms with Crippen LogP contribution in [0, 0.1) is 0 Å². The first kappa shape index (κ1) is 18.9. The number of hydrogen-bond donors (Lipinski definition) is 3. The van der Waals surface area contributed by atoms with E-state index in [9.17, 15) is 14.4 Å². The number of halogens is 1. The van der Waals surface area contributed by atoms with Crippen LogP contribution in [0.5, 0.6) is 0 Å². The van der Waals surface area contributed by atoms with E-state index in [1.54, 1.807) is 24.3 Å². The Bertz CT molecular complexity index is 721. The van der Waals surface area contributed by atoms with Crippen molar-refractivity contribution >= 4 is 52.5 Å². The Balaban J connectivity index is 1.83. The predicted molar refractivity (Wildman–Crippen MR) is 95.9 cm³/mol. The second-order valence-corrected chi connectivity index (χ2v) is 6.62. The van der Waals surface area contributed by atoms with Crippen molar-refractivity contribution in [1.29, 1.82) is 0 Å². The van der Waals surface area contributed by atoms with Crippen LogP contribution in [0.1, 0.15) is 18.4 Å². The smallest absolute Gasteiger partial charge is 0.305 e. The van der Waals surface area contributed by atoms with Crippen LogP contribution in [0.3, 0.4) is 0 Å². The summed E-state index contributed by atoms with van der Waals surface area (Å²) in [5.74, 6) is -1.72. The molecule has 2 amide bonds. The number of rotatable bonds is 7. The first-order valence-corrected chi connectivity index (χ1v) is 8.52. The molecule has 1 aromatic rings. The number of amidine groups is 1. The van der Waals surface area contributed by atoms with Gasteiger partial charge in [-0.1, -0.05) is 35.5 Å². The minimum absolute atomic E-state index is 0.0273.